The molecule has 0 unspecified atom stereocenters. The second-order valence-electron chi connectivity index (χ2n) is 36.2. The Bertz CT molecular complexity index is 5230. The van der Waals surface area contributed by atoms with Gasteiger partial charge in [0, 0.05) is 206 Å². The third kappa shape index (κ3) is 53.2. The van der Waals surface area contributed by atoms with Crippen molar-refractivity contribution < 1.29 is 93.7 Å². The normalized spacial score (nSPS) is 24.4. The molecule has 13 aliphatic rings. The number of nitrogens with zero attached hydrogens (tertiary/aromatic N) is 12. The largest absolute Gasteiger partial charge is 0.468 e. The highest BCUT2D eigenvalue weighted by atomic mass is 32.2. The number of hydrogen-bond donors (Lipinski definition) is 1. The van der Waals surface area contributed by atoms with Gasteiger partial charge in [-0.1, -0.05) is 91.6 Å². The van der Waals surface area contributed by atoms with Crippen LogP contribution >= 0.6 is 23.1 Å². The Kier molecular flexibility index (Phi) is 52.6. The van der Waals surface area contributed by atoms with Gasteiger partial charge in [0.05, 0.1) is 154 Å². The second-order valence-corrected chi connectivity index (χ2v) is 61.5. The number of aliphatic hydroxyl groups is 1. The van der Waals surface area contributed by atoms with E-state index in [1.165, 1.54) is 66.0 Å². The van der Waals surface area contributed by atoms with Crippen LogP contribution in [0.15, 0.2) is 114 Å². The molecule has 46 heteroatoms. The first-order chi connectivity index (χ1) is 64.4. The highest BCUT2D eigenvalue weighted by molar-refractivity contribution is 7.99. The lowest BCUT2D eigenvalue weighted by molar-refractivity contribution is 0.205. The Balaban J connectivity index is 0.000000205. The molecule has 0 bridgehead atoms. The van der Waals surface area contributed by atoms with Crippen molar-refractivity contribution in [3.63, 3.8) is 0 Å². The van der Waals surface area contributed by atoms with Gasteiger partial charge < -0.3 is 29.1 Å². The molecule has 2 aromatic carbocycles. The maximum atomic E-state index is 11.2. The van der Waals surface area contributed by atoms with E-state index in [0.29, 0.717) is 211 Å². The Morgan fingerprint density at radius 3 is 1.07 bits per heavy atom. The van der Waals surface area contributed by atoms with Crippen LogP contribution in [0, 0.1) is 35.5 Å². The molecular formula is C90H150N12O22S12. The summed E-state index contributed by atoms with van der Waals surface area (Å²) < 4.78 is 226. The summed E-state index contributed by atoms with van der Waals surface area (Å²) in [7, 11) is -25.3. The van der Waals surface area contributed by atoms with E-state index < -0.39 is 98.4 Å². The first kappa shape index (κ1) is 119. The van der Waals surface area contributed by atoms with Crippen LogP contribution in [0.2, 0.25) is 0 Å². The lowest BCUT2D eigenvalue weighted by atomic mass is 10.1. The number of aliphatic hydroxyl groups excluding tert-OH is 1. The maximum Gasteiger partial charge on any atom is 0.152 e. The average molecular weight is 2140 g/mol. The lowest BCUT2D eigenvalue weighted by Crippen LogP contribution is -2.42. The molecule has 0 radical (unpaired) electrons. The van der Waals surface area contributed by atoms with Crippen LogP contribution in [0.5, 0.6) is 0 Å². The fourth-order valence-electron chi connectivity index (χ4n) is 15.7. The first-order valence-electron chi connectivity index (χ1n) is 47.1. The van der Waals surface area contributed by atoms with E-state index in [1.54, 1.807) is 23.7 Å². The summed E-state index contributed by atoms with van der Waals surface area (Å²) in [5.74, 6) is 13.7. The molecule has 34 nitrogen and oxygen atoms in total. The van der Waals surface area contributed by atoms with E-state index in [2.05, 4.69) is 93.5 Å². The standard InChI is InChI=1S/C12H17NO2S.C11H15NO2S.C10H19NO2S.C9H13NO3S.C9H13NO2S2.C8H15NO2S.C7H13NO2S.C7H11NO2S.C6H10N2S.C6H13NO3S.C5H11NO2S/c14-16(15)10-8-13(9-11-16)7-6-12-4-2-1-3-5-12;13-15(14)8-6-12(7-9-15)10-11-4-2-1-3-5-11;12-14(13)7-5-11(6-8-14)9-10-3-1-2-4-10;2*11-14(12)6-3-10(4-7-14)8-9-2-1-5-13-9;10-12(11)5-3-9(4-6-12)7-8-1-2-8;2*1-2-3-8-4-6-11(9,10)7-5-8;7-1-2-8-3-5-9-6-4-8;8-4-1-7-2-5-11(9,10)6-3-7;1-6-2-4-9(7,8)5-3-6/h1-5H,6-11H2;1-5H,6-10H2;10H,1-9H2;2*1-2,5H,3-4,6-8H2;8H,1-7H2;2H,1,3-7H2;1H,3-7H2;2-6H2;8H,1-6H2;2-5H2,1H3. The summed E-state index contributed by atoms with van der Waals surface area (Å²) >= 11 is 3.70. The number of β-amino-alcohol motifs (C(OH)–C–C–N with tert-alkyl or cyclic N) is 1. The average Bonchev–Trinajstić information content (AvgIpc) is 1.81. The van der Waals surface area contributed by atoms with Crippen LogP contribution in [-0.2, 0) is 124 Å². The van der Waals surface area contributed by atoms with Gasteiger partial charge >= 0.3 is 0 Å². The van der Waals surface area contributed by atoms with Crippen molar-refractivity contribution in [2.75, 3.05) is 330 Å². The van der Waals surface area contributed by atoms with Crippen molar-refractivity contribution in [3.8, 4) is 18.4 Å². The van der Waals surface area contributed by atoms with Gasteiger partial charge in [0.25, 0.3) is 0 Å². The minimum Gasteiger partial charge on any atom is -0.468 e. The molecule has 4 aromatic rings. The number of hydrogen-bond acceptors (Lipinski definition) is 36. The van der Waals surface area contributed by atoms with Crippen LogP contribution in [0.3, 0.4) is 0 Å². The minimum absolute atomic E-state index is 0.111. The molecule has 13 fully saturated rings. The summed E-state index contributed by atoms with van der Waals surface area (Å²) in [6.45, 7) is 27.6. The Morgan fingerprint density at radius 1 is 0.382 bits per heavy atom. The molecule has 2 saturated carbocycles. The van der Waals surface area contributed by atoms with Gasteiger partial charge in [0.15, 0.2) is 98.4 Å². The number of thiophene rings is 1. The molecule has 0 spiro atoms. The van der Waals surface area contributed by atoms with Crippen LogP contribution in [0.25, 0.3) is 0 Å². The van der Waals surface area contributed by atoms with Crippen LogP contribution < -0.4 is 0 Å². The molecule has 11 aliphatic heterocycles. The molecule has 2 aromatic heterocycles. The SMILES string of the molecule is C#CCN1CCS(=O)(=O)CC1.C=CCN1CCS(=O)(=O)CC1.CN1CCS(=O)(=O)CC1.N#CCN1CCSCC1.O=S1(=O)CCN(CC2CC2)CC1.O=S1(=O)CCN(CC2CCCC2)CC1.O=S1(=O)CCN(CCO)CC1.O=S1(=O)CCN(CCc2ccccc2)CC1.O=S1(=O)CCN(Cc2ccccc2)CC1.O=S1(=O)CCN(Cc2ccco2)CC1.O=S1(=O)CCN(Cc2cccs2)CC1. The van der Waals surface area contributed by atoms with Crippen molar-refractivity contribution in [2.45, 2.75) is 64.6 Å². The van der Waals surface area contributed by atoms with Gasteiger partial charge in [0.2, 0.25) is 0 Å². The van der Waals surface area contributed by atoms with E-state index in [0.717, 1.165) is 103 Å². The molecule has 774 valence electrons. The zero-order valence-electron chi connectivity index (χ0n) is 79.4. The second kappa shape index (κ2) is 60.4. The summed E-state index contributed by atoms with van der Waals surface area (Å²) in [5.41, 5.74) is 2.56. The third-order valence-electron chi connectivity index (χ3n) is 24.9. The Hall–Kier alpha value is -4.42. The zero-order chi connectivity index (χ0) is 99.2. The van der Waals surface area contributed by atoms with E-state index in [-0.39, 0.29) is 41.1 Å². The molecule has 2 aliphatic carbocycles. The number of terminal acetylenes is 1. The number of furan rings is 1. The highest BCUT2D eigenvalue weighted by Crippen LogP contribution is 2.30. The van der Waals surface area contributed by atoms with Crippen LogP contribution in [0.4, 0.5) is 0 Å². The van der Waals surface area contributed by atoms with Gasteiger partial charge in [-0.25, -0.2) is 84.2 Å². The Morgan fingerprint density at radius 2 is 0.721 bits per heavy atom. The van der Waals surface area contributed by atoms with E-state index in [4.69, 9.17) is 21.2 Å². The lowest BCUT2D eigenvalue weighted by Gasteiger charge is -2.28. The Labute approximate surface area is 823 Å². The summed E-state index contributed by atoms with van der Waals surface area (Å²) in [6.07, 6.45) is 17.7. The van der Waals surface area contributed by atoms with Crippen molar-refractivity contribution in [1.82, 2.24) is 53.9 Å². The third-order valence-corrected chi connectivity index (χ3v) is 42.8. The quantitative estimate of drug-likeness (QED) is 0.0799. The predicted octanol–water partition coefficient (Wildman–Crippen LogP) is 2.27. The zero-order valence-corrected chi connectivity index (χ0v) is 89.2. The molecule has 0 amide bonds. The number of rotatable bonds is 19. The molecule has 17 rings (SSSR count). The summed E-state index contributed by atoms with van der Waals surface area (Å²) in [5, 5.41) is 18.9. The van der Waals surface area contributed by atoms with Crippen molar-refractivity contribution in [3.05, 3.63) is 131 Å². The smallest absolute Gasteiger partial charge is 0.152 e. The van der Waals surface area contributed by atoms with Crippen molar-refractivity contribution >= 4 is 121 Å². The van der Waals surface area contributed by atoms with Gasteiger partial charge in [-0.3, -0.25) is 34.3 Å². The molecule has 1 N–H and O–H groups in total. The van der Waals surface area contributed by atoms with Gasteiger partial charge in [-0.05, 0) is 85.7 Å². The van der Waals surface area contributed by atoms with Crippen molar-refractivity contribution in [1.29, 1.82) is 5.26 Å². The number of nitriles is 1. The summed E-state index contributed by atoms with van der Waals surface area (Å²) in [6, 6.07) is 30.5. The number of sulfone groups is 10. The highest BCUT2D eigenvalue weighted by Gasteiger charge is 2.32. The number of benzene rings is 2. The molecule has 0 atom stereocenters. The summed E-state index contributed by atoms with van der Waals surface area (Å²) in [4.78, 5) is 24.9. The predicted molar refractivity (Wildman–Crippen MR) is 548 cm³/mol. The minimum atomic E-state index is -2.77. The topological polar surface area (TPSA) is 434 Å². The van der Waals surface area contributed by atoms with Crippen LogP contribution in [-0.4, -0.2) is 473 Å². The maximum absolute atomic E-state index is 11.2. The van der Waals surface area contributed by atoms with Crippen LogP contribution in [0.1, 0.15) is 60.3 Å². The van der Waals surface area contributed by atoms with Gasteiger partial charge in [-0.2, -0.15) is 17.0 Å². The van der Waals surface area contributed by atoms with Gasteiger partial charge in [0.1, 0.15) is 5.76 Å². The van der Waals surface area contributed by atoms with E-state index in [9.17, 15) is 84.2 Å². The first-order valence-corrected chi connectivity index (χ1v) is 67.3. The van der Waals surface area contributed by atoms with Gasteiger partial charge in [-0.15, -0.1) is 24.3 Å². The number of thioether (sulfide) groups is 1. The fourth-order valence-corrected chi connectivity index (χ4v) is 30.3. The van der Waals surface area contributed by atoms with E-state index in [1.807, 2.05) is 88.1 Å². The molecule has 136 heavy (non-hydrogen) atoms. The fraction of sp³-hybridized carbons (Fsp3) is 0.722. The molecule has 13 heterocycles. The van der Waals surface area contributed by atoms with E-state index >= 15 is 0 Å². The molecule has 11 saturated heterocycles. The monoisotopic (exact) mass is 2130 g/mol. The molecular weight excluding hydrogens is 1990 g/mol. The van der Waals surface area contributed by atoms with Crippen molar-refractivity contribution in [2.24, 2.45) is 11.8 Å².